The Bertz CT molecular complexity index is 149. The summed E-state index contributed by atoms with van der Waals surface area (Å²) < 4.78 is 0. The van der Waals surface area contributed by atoms with E-state index >= 15 is 0 Å². The van der Waals surface area contributed by atoms with E-state index < -0.39 is 0 Å². The van der Waals surface area contributed by atoms with Crippen LogP contribution in [0, 0.1) is 0 Å². The number of nitrogens with one attached hydrogen (secondary N) is 2. The molecule has 4 N–H and O–H groups in total. The van der Waals surface area contributed by atoms with Crippen LogP contribution in [0.1, 0.15) is 19.8 Å². The largest absolute Gasteiger partial charge is 0.375 e. The summed E-state index contributed by atoms with van der Waals surface area (Å²) in [6, 6.07) is 0. The Morgan fingerprint density at radius 3 is 2.73 bits per heavy atom. The fourth-order valence-electron chi connectivity index (χ4n) is 0.597. The minimum atomic E-state index is 0.147. The van der Waals surface area contributed by atoms with Crippen molar-refractivity contribution in [3.8, 4) is 0 Å². The molecular weight excluding hydrogens is 162 g/mol. The monoisotopic (exact) mass is 175 g/mol. The van der Waals surface area contributed by atoms with Gasteiger partial charge in [-0.05, 0) is 18.6 Å². The first-order valence-electron chi connectivity index (χ1n) is 3.46. The van der Waals surface area contributed by atoms with Crippen molar-refractivity contribution in [3.05, 3.63) is 0 Å². The van der Waals surface area contributed by atoms with Gasteiger partial charge in [0, 0.05) is 6.42 Å². The van der Waals surface area contributed by atoms with Crippen LogP contribution in [0.15, 0.2) is 0 Å². The van der Waals surface area contributed by atoms with E-state index in [1.54, 1.807) is 0 Å². The zero-order valence-corrected chi connectivity index (χ0v) is 7.33. The van der Waals surface area contributed by atoms with Gasteiger partial charge in [0.1, 0.15) is 5.78 Å². The Labute approximate surface area is 71.5 Å². The first kappa shape index (κ1) is 10.3. The molecule has 0 rings (SSSR count). The van der Waals surface area contributed by atoms with Crippen LogP contribution in [0.4, 0.5) is 0 Å². The molecule has 0 aliphatic heterocycles. The van der Waals surface area contributed by atoms with Crippen LogP contribution in [0.2, 0.25) is 0 Å². The summed E-state index contributed by atoms with van der Waals surface area (Å²) in [6.07, 6.45) is 1.46. The number of carbonyl (C=O) groups is 1. The van der Waals surface area contributed by atoms with Crippen molar-refractivity contribution in [2.24, 2.45) is 5.73 Å². The van der Waals surface area contributed by atoms with E-state index in [1.807, 2.05) is 6.92 Å². The summed E-state index contributed by atoms with van der Waals surface area (Å²) in [6.45, 7) is 2.23. The second-order valence-corrected chi connectivity index (χ2v) is 2.57. The molecule has 0 heterocycles. The standard InChI is InChI=1S/C6H13N3OS/c1-2-3-5(10)4-8-9-6(7)11/h8H,2-4H2,1H3,(H3,7,9,11). The van der Waals surface area contributed by atoms with Gasteiger partial charge in [-0.15, -0.1) is 0 Å². The molecule has 0 aromatic rings. The first-order chi connectivity index (χ1) is 5.16. The van der Waals surface area contributed by atoms with E-state index in [4.69, 9.17) is 5.73 Å². The van der Waals surface area contributed by atoms with Gasteiger partial charge in [-0.3, -0.25) is 10.2 Å². The Morgan fingerprint density at radius 2 is 2.27 bits per heavy atom. The number of ketones is 1. The maximum Gasteiger partial charge on any atom is 0.178 e. The number of hydrazine groups is 1. The van der Waals surface area contributed by atoms with Gasteiger partial charge < -0.3 is 5.73 Å². The van der Waals surface area contributed by atoms with Crippen LogP contribution >= 0.6 is 12.2 Å². The number of nitrogens with two attached hydrogens (primary N) is 1. The highest BCUT2D eigenvalue weighted by molar-refractivity contribution is 7.80. The number of carbonyl (C=O) groups excluding carboxylic acids is 1. The van der Waals surface area contributed by atoms with Gasteiger partial charge in [0.2, 0.25) is 0 Å². The third-order valence-corrected chi connectivity index (χ3v) is 1.13. The topological polar surface area (TPSA) is 67.2 Å². The predicted molar refractivity (Wildman–Crippen MR) is 47.8 cm³/mol. The summed E-state index contributed by atoms with van der Waals surface area (Å²) in [5.41, 5.74) is 10.2. The van der Waals surface area contributed by atoms with Crippen molar-refractivity contribution >= 4 is 23.1 Å². The second-order valence-electron chi connectivity index (χ2n) is 2.13. The molecule has 11 heavy (non-hydrogen) atoms. The van der Waals surface area contributed by atoms with Crippen molar-refractivity contribution in [2.75, 3.05) is 6.54 Å². The summed E-state index contributed by atoms with van der Waals surface area (Å²) in [7, 11) is 0. The van der Waals surface area contributed by atoms with Gasteiger partial charge in [0.25, 0.3) is 0 Å². The van der Waals surface area contributed by atoms with Crippen LogP contribution in [0.25, 0.3) is 0 Å². The van der Waals surface area contributed by atoms with Crippen LogP contribution in [0.5, 0.6) is 0 Å². The van der Waals surface area contributed by atoms with E-state index in [-0.39, 0.29) is 17.4 Å². The number of rotatable bonds is 5. The lowest BCUT2D eigenvalue weighted by Gasteiger charge is -2.03. The molecule has 64 valence electrons. The third kappa shape index (κ3) is 7.21. The molecule has 0 saturated heterocycles. The molecule has 0 saturated carbocycles. The maximum atomic E-state index is 10.8. The molecule has 0 unspecified atom stereocenters. The molecule has 0 amide bonds. The van der Waals surface area contributed by atoms with Gasteiger partial charge in [0.15, 0.2) is 5.11 Å². The average molecular weight is 175 g/mol. The normalized spacial score (nSPS) is 9.18. The molecule has 0 aliphatic carbocycles. The molecular formula is C6H13N3OS. The lowest BCUT2D eigenvalue weighted by Crippen LogP contribution is -2.43. The minimum absolute atomic E-state index is 0.147. The SMILES string of the molecule is CCCC(=O)CNNC(N)=S. The lowest BCUT2D eigenvalue weighted by atomic mass is 10.2. The predicted octanol–water partition coefficient (Wildman–Crippen LogP) is -0.307. The number of thiocarbonyl (C=S) groups is 1. The van der Waals surface area contributed by atoms with E-state index in [2.05, 4.69) is 23.1 Å². The Kier molecular flexibility index (Phi) is 5.68. The van der Waals surface area contributed by atoms with Crippen molar-refractivity contribution in [2.45, 2.75) is 19.8 Å². The average Bonchev–Trinajstić information content (AvgIpc) is 1.87. The molecule has 0 fully saturated rings. The highest BCUT2D eigenvalue weighted by atomic mass is 32.1. The van der Waals surface area contributed by atoms with Gasteiger partial charge in [0.05, 0.1) is 6.54 Å². The Morgan fingerprint density at radius 1 is 1.64 bits per heavy atom. The smallest absolute Gasteiger partial charge is 0.178 e. The number of Topliss-reactive ketones (excluding diaryl/α,β-unsaturated/α-hetero) is 1. The highest BCUT2D eigenvalue weighted by Crippen LogP contribution is 1.85. The Balaban J connectivity index is 3.24. The minimum Gasteiger partial charge on any atom is -0.375 e. The van der Waals surface area contributed by atoms with E-state index in [9.17, 15) is 4.79 Å². The molecule has 4 nitrogen and oxygen atoms in total. The summed E-state index contributed by atoms with van der Waals surface area (Å²) in [5.74, 6) is 0.149. The van der Waals surface area contributed by atoms with Crippen molar-refractivity contribution in [1.82, 2.24) is 10.9 Å². The summed E-state index contributed by atoms with van der Waals surface area (Å²) in [4.78, 5) is 10.8. The van der Waals surface area contributed by atoms with Crippen molar-refractivity contribution < 1.29 is 4.79 Å². The Hall–Kier alpha value is -0.680. The maximum absolute atomic E-state index is 10.8. The molecule has 5 heteroatoms. The quantitative estimate of drug-likeness (QED) is 0.395. The van der Waals surface area contributed by atoms with E-state index in [1.165, 1.54) is 0 Å². The number of hydrogen-bond donors (Lipinski definition) is 3. The van der Waals surface area contributed by atoms with Gasteiger partial charge in [-0.25, -0.2) is 5.43 Å². The molecule has 0 aromatic heterocycles. The highest BCUT2D eigenvalue weighted by Gasteiger charge is 1.97. The lowest BCUT2D eigenvalue weighted by molar-refractivity contribution is -0.118. The molecule has 0 aromatic carbocycles. The van der Waals surface area contributed by atoms with E-state index in [0.29, 0.717) is 6.42 Å². The summed E-state index contributed by atoms with van der Waals surface area (Å²) in [5, 5.41) is 0.147. The molecule has 0 aliphatic rings. The zero-order chi connectivity index (χ0) is 8.69. The molecule has 0 spiro atoms. The van der Waals surface area contributed by atoms with Crippen LogP contribution < -0.4 is 16.6 Å². The second kappa shape index (κ2) is 6.06. The first-order valence-corrected chi connectivity index (χ1v) is 3.87. The van der Waals surface area contributed by atoms with E-state index in [0.717, 1.165) is 6.42 Å². The fraction of sp³-hybridized carbons (Fsp3) is 0.667. The molecule has 0 bridgehead atoms. The van der Waals surface area contributed by atoms with Gasteiger partial charge >= 0.3 is 0 Å². The number of hydrogen-bond acceptors (Lipinski definition) is 3. The van der Waals surface area contributed by atoms with Crippen LogP contribution in [0.3, 0.4) is 0 Å². The van der Waals surface area contributed by atoms with Crippen molar-refractivity contribution in [1.29, 1.82) is 0 Å². The van der Waals surface area contributed by atoms with Crippen molar-refractivity contribution in [3.63, 3.8) is 0 Å². The van der Waals surface area contributed by atoms with Crippen LogP contribution in [-0.4, -0.2) is 17.4 Å². The van der Waals surface area contributed by atoms with Gasteiger partial charge in [-0.2, -0.15) is 0 Å². The summed E-state index contributed by atoms with van der Waals surface area (Å²) >= 11 is 4.51. The fourth-order valence-corrected chi connectivity index (χ4v) is 0.669. The molecule has 0 atom stereocenters. The third-order valence-electron chi connectivity index (χ3n) is 1.03. The molecule has 0 radical (unpaired) electrons. The van der Waals surface area contributed by atoms with Crippen LogP contribution in [-0.2, 0) is 4.79 Å². The van der Waals surface area contributed by atoms with Gasteiger partial charge in [-0.1, -0.05) is 6.92 Å². The zero-order valence-electron chi connectivity index (χ0n) is 6.52.